The van der Waals surface area contributed by atoms with Crippen LogP contribution in [0.1, 0.15) is 49.7 Å². The molecule has 3 heteroatoms. The van der Waals surface area contributed by atoms with Crippen molar-refractivity contribution in [1.82, 2.24) is 5.32 Å². The van der Waals surface area contributed by atoms with Gasteiger partial charge in [-0.1, -0.05) is 43.4 Å². The number of benzene rings is 1. The molecule has 2 rings (SSSR count). The van der Waals surface area contributed by atoms with Crippen molar-refractivity contribution < 1.29 is 9.53 Å². The lowest BCUT2D eigenvalue weighted by atomic mass is 10.1. The number of nitrogens with one attached hydrogen (secondary N) is 1. The molecule has 1 amide bonds. The number of carbonyl (C=O) groups is 1. The third kappa shape index (κ3) is 4.55. The topological polar surface area (TPSA) is 38.3 Å². The summed E-state index contributed by atoms with van der Waals surface area (Å²) in [5, 5.41) is 3.10. The van der Waals surface area contributed by atoms with Gasteiger partial charge in [0.15, 0.2) is 6.61 Å². The summed E-state index contributed by atoms with van der Waals surface area (Å²) in [5.41, 5.74) is 2.28. The van der Waals surface area contributed by atoms with Crippen LogP contribution in [0.15, 0.2) is 18.2 Å². The van der Waals surface area contributed by atoms with Crippen LogP contribution in [0.5, 0.6) is 5.75 Å². The summed E-state index contributed by atoms with van der Waals surface area (Å²) in [4.78, 5) is 11.9. The van der Waals surface area contributed by atoms with Crippen LogP contribution in [-0.2, 0) is 4.79 Å². The van der Waals surface area contributed by atoms with Gasteiger partial charge in [-0.2, -0.15) is 0 Å². The third-order valence-electron chi connectivity index (χ3n) is 3.91. The summed E-state index contributed by atoms with van der Waals surface area (Å²) in [6, 6.07) is 6.35. The average Bonchev–Trinajstić information content (AvgIpc) is 2.66. The Kier molecular flexibility index (Phi) is 5.45. The number of aryl methyl sites for hydroxylation is 2. The predicted molar refractivity (Wildman–Crippen MR) is 81.0 cm³/mol. The summed E-state index contributed by atoms with van der Waals surface area (Å²) in [6.45, 7) is 4.17. The Hall–Kier alpha value is -1.51. The predicted octanol–water partition coefficient (Wildman–Crippen LogP) is 3.52. The van der Waals surface area contributed by atoms with Crippen LogP contribution >= 0.6 is 0 Å². The number of hydrogen-bond acceptors (Lipinski definition) is 2. The molecule has 1 aliphatic rings. The number of hydrogen-bond donors (Lipinski definition) is 1. The highest BCUT2D eigenvalue weighted by Crippen LogP contribution is 2.19. The van der Waals surface area contributed by atoms with E-state index >= 15 is 0 Å². The molecule has 0 saturated heterocycles. The highest BCUT2D eigenvalue weighted by Gasteiger charge is 2.15. The van der Waals surface area contributed by atoms with Gasteiger partial charge < -0.3 is 10.1 Å². The van der Waals surface area contributed by atoms with Crippen molar-refractivity contribution in [3.8, 4) is 5.75 Å². The molecule has 0 spiro atoms. The molecule has 0 atom stereocenters. The Morgan fingerprint density at radius 2 is 1.90 bits per heavy atom. The van der Waals surface area contributed by atoms with E-state index in [9.17, 15) is 4.79 Å². The first-order valence-corrected chi connectivity index (χ1v) is 7.64. The van der Waals surface area contributed by atoms with Crippen molar-refractivity contribution in [1.29, 1.82) is 0 Å². The van der Waals surface area contributed by atoms with E-state index in [2.05, 4.69) is 18.3 Å². The van der Waals surface area contributed by atoms with E-state index < -0.39 is 0 Å². The molecule has 1 N–H and O–H groups in total. The number of carbonyl (C=O) groups excluding carboxylic acids is 1. The zero-order valence-corrected chi connectivity index (χ0v) is 12.6. The van der Waals surface area contributed by atoms with Crippen LogP contribution in [0.2, 0.25) is 0 Å². The van der Waals surface area contributed by atoms with E-state index in [0.717, 1.165) is 24.2 Å². The maximum Gasteiger partial charge on any atom is 0.258 e. The monoisotopic (exact) mass is 275 g/mol. The van der Waals surface area contributed by atoms with Gasteiger partial charge in [0, 0.05) is 6.04 Å². The van der Waals surface area contributed by atoms with Gasteiger partial charge >= 0.3 is 0 Å². The van der Waals surface area contributed by atoms with Crippen molar-refractivity contribution in [2.45, 2.75) is 58.4 Å². The van der Waals surface area contributed by atoms with Crippen molar-refractivity contribution in [3.05, 3.63) is 29.3 Å². The SMILES string of the molecule is Cc1ccc(OCC(=O)NC2CCCCCC2)c(C)c1. The zero-order chi connectivity index (χ0) is 14.4. The molecule has 110 valence electrons. The van der Waals surface area contributed by atoms with Gasteiger partial charge in [-0.15, -0.1) is 0 Å². The highest BCUT2D eigenvalue weighted by molar-refractivity contribution is 5.77. The molecule has 1 fully saturated rings. The van der Waals surface area contributed by atoms with Gasteiger partial charge in [0.25, 0.3) is 5.91 Å². The molecule has 1 aromatic carbocycles. The van der Waals surface area contributed by atoms with Crippen molar-refractivity contribution in [2.24, 2.45) is 0 Å². The zero-order valence-electron chi connectivity index (χ0n) is 12.6. The van der Waals surface area contributed by atoms with Crippen LogP contribution in [0.4, 0.5) is 0 Å². The number of amides is 1. The smallest absolute Gasteiger partial charge is 0.258 e. The van der Waals surface area contributed by atoms with E-state index in [-0.39, 0.29) is 12.5 Å². The lowest BCUT2D eigenvalue weighted by Gasteiger charge is -2.16. The van der Waals surface area contributed by atoms with Gasteiger partial charge in [0.2, 0.25) is 0 Å². The van der Waals surface area contributed by atoms with Gasteiger partial charge in [0.05, 0.1) is 0 Å². The summed E-state index contributed by atoms with van der Waals surface area (Å²) in [5.74, 6) is 0.795. The first-order valence-electron chi connectivity index (χ1n) is 7.64. The normalized spacial score (nSPS) is 16.5. The maximum absolute atomic E-state index is 11.9. The second kappa shape index (κ2) is 7.32. The lowest BCUT2D eigenvalue weighted by molar-refractivity contribution is -0.123. The minimum Gasteiger partial charge on any atom is -0.484 e. The van der Waals surface area contributed by atoms with Crippen LogP contribution in [0.25, 0.3) is 0 Å². The molecule has 0 bridgehead atoms. The van der Waals surface area contributed by atoms with E-state index in [4.69, 9.17) is 4.74 Å². The van der Waals surface area contributed by atoms with Crippen molar-refractivity contribution in [2.75, 3.05) is 6.61 Å². The van der Waals surface area contributed by atoms with E-state index in [1.54, 1.807) is 0 Å². The molecule has 0 aliphatic heterocycles. The Bertz CT molecular complexity index is 448. The molecule has 0 unspecified atom stereocenters. The highest BCUT2D eigenvalue weighted by atomic mass is 16.5. The molecule has 20 heavy (non-hydrogen) atoms. The Balaban J connectivity index is 1.79. The lowest BCUT2D eigenvalue weighted by Crippen LogP contribution is -2.37. The largest absolute Gasteiger partial charge is 0.484 e. The minimum absolute atomic E-state index is 0.00289. The van der Waals surface area contributed by atoms with Gasteiger partial charge in [-0.05, 0) is 38.3 Å². The summed E-state index contributed by atoms with van der Waals surface area (Å²) < 4.78 is 5.61. The van der Waals surface area contributed by atoms with Gasteiger partial charge in [0.1, 0.15) is 5.75 Å². The Morgan fingerprint density at radius 3 is 2.55 bits per heavy atom. The van der Waals surface area contributed by atoms with E-state index in [1.165, 1.54) is 31.2 Å². The van der Waals surface area contributed by atoms with Crippen LogP contribution in [0.3, 0.4) is 0 Å². The molecule has 0 aromatic heterocycles. The molecular weight excluding hydrogens is 250 g/mol. The Morgan fingerprint density at radius 1 is 1.20 bits per heavy atom. The van der Waals surface area contributed by atoms with Gasteiger partial charge in [-0.3, -0.25) is 4.79 Å². The summed E-state index contributed by atoms with van der Waals surface area (Å²) in [6.07, 6.45) is 7.26. The fraction of sp³-hybridized carbons (Fsp3) is 0.588. The van der Waals surface area contributed by atoms with Crippen LogP contribution in [-0.4, -0.2) is 18.6 Å². The average molecular weight is 275 g/mol. The standard InChI is InChI=1S/C17H25NO2/c1-13-9-10-16(14(2)11-13)20-12-17(19)18-15-7-5-3-4-6-8-15/h9-11,15H,3-8,12H2,1-2H3,(H,18,19). The molecule has 1 aliphatic carbocycles. The summed E-state index contributed by atoms with van der Waals surface area (Å²) in [7, 11) is 0. The van der Waals surface area contributed by atoms with Crippen molar-refractivity contribution in [3.63, 3.8) is 0 Å². The maximum atomic E-state index is 11.9. The third-order valence-corrected chi connectivity index (χ3v) is 3.91. The van der Waals surface area contributed by atoms with E-state index in [1.807, 2.05) is 19.1 Å². The molecule has 0 radical (unpaired) electrons. The number of ether oxygens (including phenoxy) is 1. The van der Waals surface area contributed by atoms with Gasteiger partial charge in [-0.25, -0.2) is 0 Å². The fourth-order valence-corrected chi connectivity index (χ4v) is 2.80. The molecule has 3 nitrogen and oxygen atoms in total. The molecule has 1 saturated carbocycles. The first kappa shape index (κ1) is 14.9. The molecular formula is C17H25NO2. The molecule has 0 heterocycles. The van der Waals surface area contributed by atoms with E-state index in [0.29, 0.717) is 6.04 Å². The van der Waals surface area contributed by atoms with Crippen LogP contribution in [0, 0.1) is 13.8 Å². The fourth-order valence-electron chi connectivity index (χ4n) is 2.80. The number of rotatable bonds is 4. The second-order valence-corrected chi connectivity index (χ2v) is 5.81. The quantitative estimate of drug-likeness (QED) is 0.854. The minimum atomic E-state index is -0.00289. The second-order valence-electron chi connectivity index (χ2n) is 5.81. The van der Waals surface area contributed by atoms with Crippen molar-refractivity contribution >= 4 is 5.91 Å². The first-order chi connectivity index (χ1) is 9.65. The summed E-state index contributed by atoms with van der Waals surface area (Å²) >= 11 is 0. The van der Waals surface area contributed by atoms with Crippen LogP contribution < -0.4 is 10.1 Å². The Labute approximate surface area is 121 Å². The molecule has 1 aromatic rings.